The maximum atomic E-state index is 2.56. The molecule has 0 saturated heterocycles. The summed E-state index contributed by atoms with van der Waals surface area (Å²) in [5, 5.41) is 0. The van der Waals surface area contributed by atoms with Gasteiger partial charge in [0.1, 0.15) is 0 Å². The molecule has 0 spiro atoms. The second-order valence-corrected chi connectivity index (χ2v) is 7.87. The van der Waals surface area contributed by atoms with Gasteiger partial charge in [-0.1, -0.05) is 41.5 Å². The van der Waals surface area contributed by atoms with Crippen molar-refractivity contribution in [3.63, 3.8) is 0 Å². The van der Waals surface area contributed by atoms with E-state index in [9.17, 15) is 0 Å². The summed E-state index contributed by atoms with van der Waals surface area (Å²) < 4.78 is 0. The van der Waals surface area contributed by atoms with Crippen LogP contribution in [0, 0.1) is 59.2 Å². The highest BCUT2D eigenvalue weighted by Crippen LogP contribution is 2.66. The van der Waals surface area contributed by atoms with Gasteiger partial charge in [-0.25, -0.2) is 0 Å². The molecular weight excluding hydrogens is 204 g/mol. The fraction of sp³-hybridized carbons (Fsp3) is 1.00. The van der Waals surface area contributed by atoms with E-state index in [0.29, 0.717) is 0 Å². The lowest BCUT2D eigenvalue weighted by Crippen LogP contribution is -2.48. The van der Waals surface area contributed by atoms with Crippen LogP contribution in [0.2, 0.25) is 0 Å². The molecule has 0 heteroatoms. The third kappa shape index (κ3) is 1.36. The molecular formula is C17H30. The van der Waals surface area contributed by atoms with Crippen LogP contribution in [0.25, 0.3) is 0 Å². The van der Waals surface area contributed by atoms with E-state index in [1.165, 1.54) is 0 Å². The van der Waals surface area contributed by atoms with Gasteiger partial charge in [0.2, 0.25) is 0 Å². The smallest absolute Gasteiger partial charge is 0.0321 e. The fourth-order valence-electron chi connectivity index (χ4n) is 6.25. The summed E-state index contributed by atoms with van der Waals surface area (Å²) in [6, 6.07) is 0. The number of fused-ring (bicyclic) bond motifs is 5. The van der Waals surface area contributed by atoms with E-state index in [0.717, 1.165) is 59.2 Å². The van der Waals surface area contributed by atoms with Crippen molar-refractivity contribution >= 4 is 0 Å². The minimum Gasteiger partial charge on any atom is -0.0620 e. The summed E-state index contributed by atoms with van der Waals surface area (Å²) >= 11 is 0. The normalized spacial score (nSPS) is 66.0. The van der Waals surface area contributed by atoms with E-state index in [1.54, 1.807) is 6.42 Å². The zero-order chi connectivity index (χ0) is 12.5. The van der Waals surface area contributed by atoms with Gasteiger partial charge in [-0.15, -0.1) is 0 Å². The van der Waals surface area contributed by atoms with Crippen LogP contribution in [0.5, 0.6) is 0 Å². The third-order valence-corrected chi connectivity index (χ3v) is 7.86. The average Bonchev–Trinajstić information content (AvgIpc) is 2.82. The lowest BCUT2D eigenvalue weighted by molar-refractivity contribution is -0.0504. The van der Waals surface area contributed by atoms with E-state index in [4.69, 9.17) is 0 Å². The molecule has 0 aromatic rings. The largest absolute Gasteiger partial charge is 0.0620 e. The first-order valence-electron chi connectivity index (χ1n) is 7.95. The van der Waals surface area contributed by atoms with Crippen molar-refractivity contribution in [1.29, 1.82) is 0 Å². The third-order valence-electron chi connectivity index (χ3n) is 7.86. The molecule has 3 aliphatic carbocycles. The van der Waals surface area contributed by atoms with Crippen LogP contribution in [0.4, 0.5) is 0 Å². The quantitative estimate of drug-likeness (QED) is 0.570. The first-order chi connectivity index (χ1) is 7.95. The molecule has 3 aliphatic rings. The van der Waals surface area contributed by atoms with E-state index in [2.05, 4.69) is 41.5 Å². The number of rotatable bonds is 0. The van der Waals surface area contributed by atoms with Gasteiger partial charge in [-0.05, 0) is 65.6 Å². The first kappa shape index (κ1) is 12.1. The maximum absolute atomic E-state index is 2.56. The van der Waals surface area contributed by atoms with Crippen molar-refractivity contribution in [2.75, 3.05) is 0 Å². The summed E-state index contributed by atoms with van der Waals surface area (Å²) in [5.74, 6) is 10.1. The Morgan fingerprint density at radius 3 is 1.18 bits per heavy atom. The molecule has 0 amide bonds. The van der Waals surface area contributed by atoms with E-state index < -0.39 is 0 Å². The molecule has 0 aromatic carbocycles. The van der Waals surface area contributed by atoms with E-state index in [-0.39, 0.29) is 0 Å². The zero-order valence-corrected chi connectivity index (χ0v) is 12.5. The Morgan fingerprint density at radius 1 is 0.471 bits per heavy atom. The Balaban J connectivity index is 1.95. The molecule has 0 N–H and O–H groups in total. The number of hydrogen-bond donors (Lipinski definition) is 0. The molecule has 3 saturated carbocycles. The predicted molar refractivity (Wildman–Crippen MR) is 73.6 cm³/mol. The highest BCUT2D eigenvalue weighted by Gasteiger charge is 2.60. The standard InChI is InChI=1S/C17H30/c1-8-9(2)13(6)17-15-7-14(10(3)11(15)4)16(17)12(8)5/h8-17H,7H2,1-6H3. The molecule has 0 aliphatic heterocycles. The molecule has 10 atom stereocenters. The van der Waals surface area contributed by atoms with Crippen molar-refractivity contribution < 1.29 is 0 Å². The van der Waals surface area contributed by atoms with Gasteiger partial charge in [0.05, 0.1) is 0 Å². The maximum Gasteiger partial charge on any atom is -0.0321 e. The lowest BCUT2D eigenvalue weighted by Gasteiger charge is -2.53. The van der Waals surface area contributed by atoms with Crippen LogP contribution in [0.1, 0.15) is 48.0 Å². The highest BCUT2D eigenvalue weighted by atomic mass is 14.6. The Kier molecular flexibility index (Phi) is 2.66. The van der Waals surface area contributed by atoms with Gasteiger partial charge < -0.3 is 0 Å². The highest BCUT2D eigenvalue weighted by molar-refractivity contribution is 5.08. The van der Waals surface area contributed by atoms with Crippen LogP contribution in [-0.2, 0) is 0 Å². The van der Waals surface area contributed by atoms with Crippen molar-refractivity contribution in [2.45, 2.75) is 48.0 Å². The molecule has 0 nitrogen and oxygen atoms in total. The van der Waals surface area contributed by atoms with Crippen molar-refractivity contribution in [1.82, 2.24) is 0 Å². The minimum absolute atomic E-state index is 0.938. The summed E-state index contributed by atoms with van der Waals surface area (Å²) in [6.07, 6.45) is 1.56. The first-order valence-corrected chi connectivity index (χ1v) is 7.95. The summed E-state index contributed by atoms with van der Waals surface area (Å²) in [5.41, 5.74) is 0. The fourth-order valence-corrected chi connectivity index (χ4v) is 6.25. The summed E-state index contributed by atoms with van der Waals surface area (Å²) in [7, 11) is 0. The Hall–Kier alpha value is 0. The summed E-state index contributed by atoms with van der Waals surface area (Å²) in [4.78, 5) is 0. The molecule has 3 rings (SSSR count). The molecule has 0 radical (unpaired) electrons. The average molecular weight is 234 g/mol. The van der Waals surface area contributed by atoms with E-state index >= 15 is 0 Å². The molecule has 0 heterocycles. The monoisotopic (exact) mass is 234 g/mol. The van der Waals surface area contributed by atoms with Gasteiger partial charge in [0.15, 0.2) is 0 Å². The summed E-state index contributed by atoms with van der Waals surface area (Å²) in [6.45, 7) is 15.2. The zero-order valence-electron chi connectivity index (χ0n) is 12.5. The van der Waals surface area contributed by atoms with Crippen molar-refractivity contribution in [2.24, 2.45) is 59.2 Å². The second-order valence-electron chi connectivity index (χ2n) is 7.87. The molecule has 17 heavy (non-hydrogen) atoms. The Labute approximate surface area is 108 Å². The molecule has 0 aromatic heterocycles. The molecule has 3 fully saturated rings. The van der Waals surface area contributed by atoms with Crippen molar-refractivity contribution in [3.05, 3.63) is 0 Å². The SMILES string of the molecule is CC1C(C)C(C)C2C3CC(C(C)C3C)C2C1C. The van der Waals surface area contributed by atoms with Crippen LogP contribution < -0.4 is 0 Å². The van der Waals surface area contributed by atoms with Gasteiger partial charge in [0, 0.05) is 0 Å². The van der Waals surface area contributed by atoms with Crippen LogP contribution in [0.15, 0.2) is 0 Å². The van der Waals surface area contributed by atoms with Gasteiger partial charge >= 0.3 is 0 Å². The van der Waals surface area contributed by atoms with Crippen LogP contribution in [-0.4, -0.2) is 0 Å². The predicted octanol–water partition coefficient (Wildman–Crippen LogP) is 4.70. The molecule has 98 valence electrons. The minimum atomic E-state index is 0.938. The van der Waals surface area contributed by atoms with Crippen LogP contribution in [0.3, 0.4) is 0 Å². The van der Waals surface area contributed by atoms with Crippen molar-refractivity contribution in [3.8, 4) is 0 Å². The van der Waals surface area contributed by atoms with Crippen LogP contribution >= 0.6 is 0 Å². The van der Waals surface area contributed by atoms with E-state index in [1.807, 2.05) is 0 Å². The van der Waals surface area contributed by atoms with Gasteiger partial charge in [0.25, 0.3) is 0 Å². The molecule has 2 bridgehead atoms. The Bertz CT molecular complexity index is 277. The topological polar surface area (TPSA) is 0 Å². The second kappa shape index (κ2) is 3.75. The molecule has 10 unspecified atom stereocenters. The Morgan fingerprint density at radius 2 is 0.824 bits per heavy atom. The number of hydrogen-bond acceptors (Lipinski definition) is 0. The lowest BCUT2D eigenvalue weighted by atomic mass is 9.52. The van der Waals surface area contributed by atoms with Gasteiger partial charge in [-0.2, -0.15) is 0 Å². The van der Waals surface area contributed by atoms with Gasteiger partial charge in [-0.3, -0.25) is 0 Å².